The number of ether oxygens (including phenoxy) is 1. The fraction of sp³-hybridized carbons (Fsp3) is 0.385. The summed E-state index contributed by atoms with van der Waals surface area (Å²) in [5.74, 6) is 2.21. The molecule has 0 unspecified atom stereocenters. The van der Waals surface area contributed by atoms with Gasteiger partial charge in [0.25, 0.3) is 0 Å². The quantitative estimate of drug-likeness (QED) is 0.802. The third-order valence-electron chi connectivity index (χ3n) is 2.44. The van der Waals surface area contributed by atoms with Gasteiger partial charge in [0, 0.05) is 13.0 Å². The maximum atomic E-state index is 5.56. The number of nitrogens with zero attached hydrogens (tertiary/aromatic N) is 2. The van der Waals surface area contributed by atoms with Crippen LogP contribution in [0.3, 0.4) is 0 Å². The van der Waals surface area contributed by atoms with E-state index < -0.39 is 0 Å². The van der Waals surface area contributed by atoms with E-state index in [1.165, 1.54) is 0 Å². The van der Waals surface area contributed by atoms with E-state index in [4.69, 9.17) is 9.26 Å². The standard InChI is InChI=1S/C13H17N3O2/c1-14-9-7-12-15-13(18-16-12)8-10-17-11-5-3-2-4-6-11/h2-6,14H,7-10H2,1H3. The monoisotopic (exact) mass is 247 g/mol. The number of rotatable bonds is 7. The van der Waals surface area contributed by atoms with Gasteiger partial charge in [0.15, 0.2) is 5.82 Å². The molecule has 0 aliphatic heterocycles. The van der Waals surface area contributed by atoms with Crippen molar-refractivity contribution >= 4 is 0 Å². The first kappa shape index (κ1) is 12.6. The number of hydrogen-bond donors (Lipinski definition) is 1. The van der Waals surface area contributed by atoms with Crippen molar-refractivity contribution in [2.24, 2.45) is 0 Å². The second kappa shape index (κ2) is 6.76. The zero-order chi connectivity index (χ0) is 12.6. The van der Waals surface area contributed by atoms with Crippen LogP contribution in [0, 0.1) is 0 Å². The van der Waals surface area contributed by atoms with Crippen LogP contribution in [0.1, 0.15) is 11.7 Å². The SMILES string of the molecule is CNCCc1noc(CCOc2ccccc2)n1. The van der Waals surface area contributed by atoms with E-state index in [2.05, 4.69) is 15.5 Å². The van der Waals surface area contributed by atoms with Crippen LogP contribution >= 0.6 is 0 Å². The Morgan fingerprint density at radius 3 is 2.83 bits per heavy atom. The van der Waals surface area contributed by atoms with E-state index >= 15 is 0 Å². The van der Waals surface area contributed by atoms with E-state index in [-0.39, 0.29) is 0 Å². The lowest BCUT2D eigenvalue weighted by molar-refractivity contribution is 0.292. The zero-order valence-electron chi connectivity index (χ0n) is 10.4. The second-order valence-electron chi connectivity index (χ2n) is 3.87. The van der Waals surface area contributed by atoms with Crippen LogP contribution in [-0.4, -0.2) is 30.3 Å². The molecule has 2 aromatic rings. The largest absolute Gasteiger partial charge is 0.493 e. The molecule has 1 aromatic heterocycles. The van der Waals surface area contributed by atoms with Crippen LogP contribution in [0.15, 0.2) is 34.9 Å². The van der Waals surface area contributed by atoms with Crippen LogP contribution in [-0.2, 0) is 12.8 Å². The molecule has 18 heavy (non-hydrogen) atoms. The first-order valence-corrected chi connectivity index (χ1v) is 6.02. The highest BCUT2D eigenvalue weighted by Gasteiger charge is 2.05. The Hall–Kier alpha value is -1.88. The molecule has 0 saturated carbocycles. The van der Waals surface area contributed by atoms with Crippen molar-refractivity contribution in [2.45, 2.75) is 12.8 Å². The van der Waals surface area contributed by atoms with Gasteiger partial charge in [0.05, 0.1) is 13.0 Å². The Bertz CT molecular complexity index is 456. The Balaban J connectivity index is 1.75. The molecule has 0 fully saturated rings. The molecule has 0 atom stereocenters. The molecular formula is C13H17N3O2. The third-order valence-corrected chi connectivity index (χ3v) is 2.44. The normalized spacial score (nSPS) is 10.5. The molecule has 1 heterocycles. The Morgan fingerprint density at radius 1 is 1.22 bits per heavy atom. The first-order valence-electron chi connectivity index (χ1n) is 6.02. The molecule has 5 heteroatoms. The second-order valence-corrected chi connectivity index (χ2v) is 3.87. The number of aromatic nitrogens is 2. The molecule has 0 aliphatic rings. The number of para-hydroxylation sites is 1. The predicted molar refractivity (Wildman–Crippen MR) is 67.6 cm³/mol. The minimum Gasteiger partial charge on any atom is -0.493 e. The van der Waals surface area contributed by atoms with Crippen molar-refractivity contribution in [3.63, 3.8) is 0 Å². The Labute approximate surface area is 106 Å². The van der Waals surface area contributed by atoms with E-state index in [1.54, 1.807) is 0 Å². The molecule has 0 bridgehead atoms. The smallest absolute Gasteiger partial charge is 0.230 e. The van der Waals surface area contributed by atoms with Crippen LogP contribution in [0.4, 0.5) is 0 Å². The molecule has 0 spiro atoms. The van der Waals surface area contributed by atoms with Gasteiger partial charge in [-0.3, -0.25) is 0 Å². The van der Waals surface area contributed by atoms with E-state index in [1.807, 2.05) is 37.4 Å². The van der Waals surface area contributed by atoms with Gasteiger partial charge in [0.2, 0.25) is 5.89 Å². The van der Waals surface area contributed by atoms with Gasteiger partial charge in [-0.05, 0) is 19.2 Å². The summed E-state index contributed by atoms with van der Waals surface area (Å²) in [6.07, 6.45) is 1.40. The van der Waals surface area contributed by atoms with E-state index in [0.29, 0.717) is 18.9 Å². The van der Waals surface area contributed by atoms with Crippen LogP contribution in [0.5, 0.6) is 5.75 Å². The summed E-state index contributed by atoms with van der Waals surface area (Å²) in [6, 6.07) is 9.69. The lowest BCUT2D eigenvalue weighted by atomic mass is 10.3. The van der Waals surface area contributed by atoms with Gasteiger partial charge >= 0.3 is 0 Å². The predicted octanol–water partition coefficient (Wildman–Crippen LogP) is 1.45. The van der Waals surface area contributed by atoms with Crippen molar-refractivity contribution in [3.8, 4) is 5.75 Å². The van der Waals surface area contributed by atoms with Gasteiger partial charge in [-0.2, -0.15) is 4.98 Å². The molecule has 2 rings (SSSR count). The molecule has 0 aliphatic carbocycles. The van der Waals surface area contributed by atoms with E-state index in [0.717, 1.165) is 24.5 Å². The summed E-state index contributed by atoms with van der Waals surface area (Å²) >= 11 is 0. The zero-order valence-corrected chi connectivity index (χ0v) is 10.4. The highest BCUT2D eigenvalue weighted by atomic mass is 16.5. The average Bonchev–Trinajstić information content (AvgIpc) is 2.85. The molecule has 0 amide bonds. The maximum absolute atomic E-state index is 5.56. The van der Waals surface area contributed by atoms with E-state index in [9.17, 15) is 0 Å². The molecule has 5 nitrogen and oxygen atoms in total. The summed E-state index contributed by atoms with van der Waals surface area (Å²) in [7, 11) is 1.90. The van der Waals surface area contributed by atoms with Crippen LogP contribution < -0.4 is 10.1 Å². The minimum atomic E-state index is 0.539. The van der Waals surface area contributed by atoms with Crippen LogP contribution in [0.2, 0.25) is 0 Å². The first-order chi connectivity index (χ1) is 8.88. The highest BCUT2D eigenvalue weighted by molar-refractivity contribution is 5.20. The van der Waals surface area contributed by atoms with Crippen molar-refractivity contribution in [1.82, 2.24) is 15.5 Å². The maximum Gasteiger partial charge on any atom is 0.230 e. The lowest BCUT2D eigenvalue weighted by Gasteiger charge is -2.02. The number of likely N-dealkylation sites (N-methyl/N-ethyl adjacent to an activating group) is 1. The molecule has 0 saturated heterocycles. The molecule has 96 valence electrons. The van der Waals surface area contributed by atoms with Crippen molar-refractivity contribution in [1.29, 1.82) is 0 Å². The van der Waals surface area contributed by atoms with Gasteiger partial charge in [-0.15, -0.1) is 0 Å². The summed E-state index contributed by atoms with van der Waals surface area (Å²) in [4.78, 5) is 4.28. The lowest BCUT2D eigenvalue weighted by Crippen LogP contribution is -2.11. The third kappa shape index (κ3) is 3.85. The molecule has 1 aromatic carbocycles. The summed E-state index contributed by atoms with van der Waals surface area (Å²) in [5, 5.41) is 6.94. The summed E-state index contributed by atoms with van der Waals surface area (Å²) in [5.41, 5.74) is 0. The number of benzene rings is 1. The molecule has 1 N–H and O–H groups in total. The fourth-order valence-electron chi connectivity index (χ4n) is 1.50. The summed E-state index contributed by atoms with van der Waals surface area (Å²) < 4.78 is 10.7. The van der Waals surface area contributed by atoms with Crippen molar-refractivity contribution in [3.05, 3.63) is 42.0 Å². The van der Waals surface area contributed by atoms with Gasteiger partial charge in [0.1, 0.15) is 5.75 Å². The van der Waals surface area contributed by atoms with Crippen molar-refractivity contribution < 1.29 is 9.26 Å². The molecule has 0 radical (unpaired) electrons. The topological polar surface area (TPSA) is 60.2 Å². The van der Waals surface area contributed by atoms with Crippen molar-refractivity contribution in [2.75, 3.05) is 20.2 Å². The number of hydrogen-bond acceptors (Lipinski definition) is 5. The summed E-state index contributed by atoms with van der Waals surface area (Å²) in [6.45, 7) is 1.39. The fourth-order valence-corrected chi connectivity index (χ4v) is 1.50. The average molecular weight is 247 g/mol. The number of nitrogens with one attached hydrogen (secondary N) is 1. The minimum absolute atomic E-state index is 0.539. The Morgan fingerprint density at radius 2 is 2.06 bits per heavy atom. The van der Waals surface area contributed by atoms with Gasteiger partial charge in [-0.25, -0.2) is 0 Å². The molecular weight excluding hydrogens is 230 g/mol. The van der Waals surface area contributed by atoms with Gasteiger partial charge in [-0.1, -0.05) is 23.4 Å². The Kier molecular flexibility index (Phi) is 4.72. The van der Waals surface area contributed by atoms with Crippen LogP contribution in [0.25, 0.3) is 0 Å². The van der Waals surface area contributed by atoms with Gasteiger partial charge < -0.3 is 14.6 Å². The highest BCUT2D eigenvalue weighted by Crippen LogP contribution is 2.08.